The number of benzene rings is 2. The van der Waals surface area contributed by atoms with Gasteiger partial charge in [-0.15, -0.1) is 0 Å². The van der Waals surface area contributed by atoms with Gasteiger partial charge in [0.2, 0.25) is 0 Å². The van der Waals surface area contributed by atoms with Crippen LogP contribution in [-0.2, 0) is 13.0 Å². The number of fused-ring (bicyclic) bond motifs is 1. The molecule has 0 unspecified atom stereocenters. The fourth-order valence-corrected chi connectivity index (χ4v) is 3.11. The van der Waals surface area contributed by atoms with Crippen LogP contribution in [0.15, 0.2) is 40.9 Å². The molecule has 114 valence electrons. The molecule has 4 nitrogen and oxygen atoms in total. The van der Waals surface area contributed by atoms with E-state index in [-0.39, 0.29) is 5.91 Å². The van der Waals surface area contributed by atoms with E-state index >= 15 is 0 Å². The van der Waals surface area contributed by atoms with Gasteiger partial charge in [0.05, 0.1) is 12.7 Å². The lowest BCUT2D eigenvalue weighted by atomic mass is 9.98. The highest BCUT2D eigenvalue weighted by molar-refractivity contribution is 9.10. The van der Waals surface area contributed by atoms with Crippen LogP contribution < -0.4 is 15.4 Å². The third kappa shape index (κ3) is 3.09. The van der Waals surface area contributed by atoms with Crippen LogP contribution in [0.25, 0.3) is 0 Å². The Balaban J connectivity index is 1.82. The zero-order valence-corrected chi connectivity index (χ0v) is 13.9. The number of nitrogens with one attached hydrogen (secondary N) is 2. The van der Waals surface area contributed by atoms with Gasteiger partial charge in [-0.3, -0.25) is 4.79 Å². The first kappa shape index (κ1) is 14.9. The first-order chi connectivity index (χ1) is 10.7. The van der Waals surface area contributed by atoms with Crippen LogP contribution in [0, 0.1) is 0 Å². The Morgan fingerprint density at radius 1 is 1.27 bits per heavy atom. The molecule has 0 aromatic heterocycles. The van der Waals surface area contributed by atoms with E-state index in [0.717, 1.165) is 39.0 Å². The van der Waals surface area contributed by atoms with Gasteiger partial charge in [-0.25, -0.2) is 0 Å². The minimum absolute atomic E-state index is 0.00835. The summed E-state index contributed by atoms with van der Waals surface area (Å²) < 4.78 is 6.14. The van der Waals surface area contributed by atoms with Gasteiger partial charge in [-0.05, 0) is 41.8 Å². The predicted octanol–water partition coefficient (Wildman–Crippen LogP) is 3.36. The second kappa shape index (κ2) is 6.40. The number of halogens is 1. The van der Waals surface area contributed by atoms with Crippen molar-refractivity contribution in [3.8, 4) is 5.75 Å². The summed E-state index contributed by atoms with van der Waals surface area (Å²) in [6.45, 7) is 1.35. The van der Waals surface area contributed by atoms with E-state index in [1.54, 1.807) is 7.11 Å². The lowest BCUT2D eigenvalue weighted by Crippen LogP contribution is -2.32. The zero-order valence-electron chi connectivity index (χ0n) is 12.3. The van der Waals surface area contributed by atoms with E-state index in [2.05, 4.69) is 26.6 Å². The van der Waals surface area contributed by atoms with E-state index in [1.165, 1.54) is 0 Å². The lowest BCUT2D eigenvalue weighted by Gasteiger charge is -2.21. The van der Waals surface area contributed by atoms with Crippen LogP contribution in [0.3, 0.4) is 0 Å². The first-order valence-electron chi connectivity index (χ1n) is 7.15. The molecule has 2 aromatic rings. The molecule has 0 saturated carbocycles. The molecule has 22 heavy (non-hydrogen) atoms. The van der Waals surface area contributed by atoms with Gasteiger partial charge in [0.15, 0.2) is 0 Å². The number of amides is 1. The monoisotopic (exact) mass is 360 g/mol. The van der Waals surface area contributed by atoms with Crippen molar-refractivity contribution in [2.75, 3.05) is 19.0 Å². The molecule has 3 rings (SSSR count). The van der Waals surface area contributed by atoms with E-state index in [4.69, 9.17) is 4.74 Å². The summed E-state index contributed by atoms with van der Waals surface area (Å²) in [5.41, 5.74) is 3.82. The van der Waals surface area contributed by atoms with Crippen LogP contribution in [0.5, 0.6) is 5.75 Å². The van der Waals surface area contributed by atoms with Gasteiger partial charge in [0.1, 0.15) is 5.75 Å². The molecular weight excluding hydrogens is 344 g/mol. The average Bonchev–Trinajstić information content (AvgIpc) is 2.53. The number of carbonyl (C=O) groups excluding carboxylic acids is 1. The summed E-state index contributed by atoms with van der Waals surface area (Å²) in [7, 11) is 1.65. The summed E-state index contributed by atoms with van der Waals surface area (Å²) in [4.78, 5) is 12.1. The van der Waals surface area contributed by atoms with Crippen LogP contribution in [0.4, 0.5) is 5.69 Å². The third-order valence-corrected chi connectivity index (χ3v) is 4.19. The fraction of sp³-hybridized carbons (Fsp3) is 0.235. The second-order valence-corrected chi connectivity index (χ2v) is 6.11. The van der Waals surface area contributed by atoms with Crippen LogP contribution in [-0.4, -0.2) is 19.6 Å². The lowest BCUT2D eigenvalue weighted by molar-refractivity contribution is 0.0947. The zero-order chi connectivity index (χ0) is 15.5. The molecule has 0 atom stereocenters. The minimum atomic E-state index is -0.00835. The van der Waals surface area contributed by atoms with Crippen molar-refractivity contribution in [1.82, 2.24) is 5.32 Å². The topological polar surface area (TPSA) is 50.4 Å². The van der Waals surface area contributed by atoms with Gasteiger partial charge >= 0.3 is 0 Å². The average molecular weight is 361 g/mol. The highest BCUT2D eigenvalue weighted by atomic mass is 79.9. The second-order valence-electron chi connectivity index (χ2n) is 5.20. The van der Waals surface area contributed by atoms with Crippen LogP contribution in [0.1, 0.15) is 21.5 Å². The molecule has 0 saturated heterocycles. The number of ether oxygens (including phenoxy) is 1. The molecule has 0 fully saturated rings. The molecule has 5 heteroatoms. The largest absolute Gasteiger partial charge is 0.497 e. The Morgan fingerprint density at radius 3 is 2.77 bits per heavy atom. The Labute approximate surface area is 138 Å². The number of rotatable bonds is 4. The molecule has 0 aliphatic carbocycles. The SMILES string of the molecule is COc1ccc(CNc2cc(Br)cc3c2C(=O)NCC3)cc1. The number of methoxy groups -OCH3 is 1. The molecule has 0 bridgehead atoms. The summed E-state index contributed by atoms with van der Waals surface area (Å²) in [5.74, 6) is 0.828. The van der Waals surface area contributed by atoms with E-state index in [9.17, 15) is 4.79 Å². The number of anilines is 1. The number of carbonyl (C=O) groups is 1. The van der Waals surface area contributed by atoms with Crippen molar-refractivity contribution in [1.29, 1.82) is 0 Å². The smallest absolute Gasteiger partial charge is 0.253 e. The summed E-state index contributed by atoms with van der Waals surface area (Å²) >= 11 is 3.52. The van der Waals surface area contributed by atoms with Gasteiger partial charge in [-0.1, -0.05) is 28.1 Å². The first-order valence-corrected chi connectivity index (χ1v) is 7.94. The maximum atomic E-state index is 12.1. The van der Waals surface area contributed by atoms with Crippen LogP contribution in [0.2, 0.25) is 0 Å². The van der Waals surface area contributed by atoms with Gasteiger partial charge in [0.25, 0.3) is 5.91 Å². The maximum Gasteiger partial charge on any atom is 0.253 e. The molecule has 2 N–H and O–H groups in total. The standard InChI is InChI=1S/C17H17BrN2O2/c1-22-14-4-2-11(3-5-14)10-20-15-9-13(18)8-12-6-7-19-17(21)16(12)15/h2-5,8-9,20H,6-7,10H2,1H3,(H,19,21). The normalized spacial score (nSPS) is 13.3. The van der Waals surface area contributed by atoms with Crippen molar-refractivity contribution >= 4 is 27.5 Å². The minimum Gasteiger partial charge on any atom is -0.497 e. The van der Waals surface area contributed by atoms with E-state index < -0.39 is 0 Å². The summed E-state index contributed by atoms with van der Waals surface area (Å²) in [6, 6.07) is 11.9. The summed E-state index contributed by atoms with van der Waals surface area (Å²) in [5, 5.41) is 6.27. The van der Waals surface area contributed by atoms with E-state index in [1.807, 2.05) is 36.4 Å². The maximum absolute atomic E-state index is 12.1. The molecule has 1 heterocycles. The molecular formula is C17H17BrN2O2. The quantitative estimate of drug-likeness (QED) is 0.878. The Hall–Kier alpha value is -2.01. The molecule has 1 aliphatic rings. The number of hydrogen-bond acceptors (Lipinski definition) is 3. The third-order valence-electron chi connectivity index (χ3n) is 3.73. The Morgan fingerprint density at radius 2 is 2.05 bits per heavy atom. The predicted molar refractivity (Wildman–Crippen MR) is 90.5 cm³/mol. The van der Waals surface area contributed by atoms with Crippen molar-refractivity contribution < 1.29 is 9.53 Å². The molecule has 2 aromatic carbocycles. The van der Waals surface area contributed by atoms with Crippen molar-refractivity contribution in [3.63, 3.8) is 0 Å². The Bertz CT molecular complexity index is 699. The molecule has 0 radical (unpaired) electrons. The van der Waals surface area contributed by atoms with Crippen molar-refractivity contribution in [2.24, 2.45) is 0 Å². The van der Waals surface area contributed by atoms with Gasteiger partial charge in [0, 0.05) is 23.2 Å². The molecule has 1 amide bonds. The fourth-order valence-electron chi connectivity index (χ4n) is 2.61. The Kier molecular flexibility index (Phi) is 4.34. The van der Waals surface area contributed by atoms with Gasteiger partial charge in [-0.2, -0.15) is 0 Å². The highest BCUT2D eigenvalue weighted by Gasteiger charge is 2.21. The molecule has 0 spiro atoms. The van der Waals surface area contributed by atoms with Crippen molar-refractivity contribution in [2.45, 2.75) is 13.0 Å². The molecule has 1 aliphatic heterocycles. The van der Waals surface area contributed by atoms with Crippen molar-refractivity contribution in [3.05, 3.63) is 57.6 Å². The number of hydrogen-bond donors (Lipinski definition) is 2. The van der Waals surface area contributed by atoms with Gasteiger partial charge < -0.3 is 15.4 Å². The summed E-state index contributed by atoms with van der Waals surface area (Å²) in [6.07, 6.45) is 0.859. The van der Waals surface area contributed by atoms with Crippen LogP contribution >= 0.6 is 15.9 Å². The highest BCUT2D eigenvalue weighted by Crippen LogP contribution is 2.28. The van der Waals surface area contributed by atoms with E-state index in [0.29, 0.717) is 13.1 Å².